The van der Waals surface area contributed by atoms with Crippen LogP contribution in [-0.2, 0) is 14.3 Å². The van der Waals surface area contributed by atoms with E-state index in [4.69, 9.17) is 21.7 Å². The van der Waals surface area contributed by atoms with Crippen LogP contribution in [0, 0.1) is 0 Å². The van der Waals surface area contributed by atoms with Gasteiger partial charge in [0.1, 0.15) is 15.3 Å². The first-order valence-corrected chi connectivity index (χ1v) is 11.9. The van der Waals surface area contributed by atoms with E-state index in [1.807, 2.05) is 26.0 Å². The molecular formula is C22H30N2O4S2. The fourth-order valence-electron chi connectivity index (χ4n) is 3.72. The third kappa shape index (κ3) is 5.74. The number of morpholine rings is 1. The average Bonchev–Trinajstić information content (AvgIpc) is 2.98. The molecule has 2 amide bonds. The Kier molecular flexibility index (Phi) is 8.13. The molecule has 0 bridgehead atoms. The third-order valence-electron chi connectivity index (χ3n) is 5.14. The number of rotatable bonds is 7. The number of ether oxygens (including phenoxy) is 2. The van der Waals surface area contributed by atoms with Gasteiger partial charge in [0.2, 0.25) is 11.8 Å². The standard InChI is InChI=1S/C22H30N2O4S2/c1-4-5-6-11-27-18-9-7-17(8-10-18)24-20(25)12-19(21(24)26)30-22(29)23-13-15(2)28-16(3)14-23/h7-10,15-16,19H,4-6,11-14H2,1-3H3. The number of hydrogen-bond acceptors (Lipinski definition) is 6. The van der Waals surface area contributed by atoms with Crippen molar-refractivity contribution in [2.24, 2.45) is 0 Å². The maximum absolute atomic E-state index is 12.9. The summed E-state index contributed by atoms with van der Waals surface area (Å²) in [5.74, 6) is 0.343. The molecule has 2 heterocycles. The number of thioether (sulfide) groups is 1. The van der Waals surface area contributed by atoms with Gasteiger partial charge >= 0.3 is 0 Å². The molecule has 0 spiro atoms. The Hall–Kier alpha value is -1.64. The fraction of sp³-hybridized carbons (Fsp3) is 0.591. The zero-order valence-corrected chi connectivity index (χ0v) is 19.5. The van der Waals surface area contributed by atoms with Crippen LogP contribution in [0.2, 0.25) is 0 Å². The van der Waals surface area contributed by atoms with Crippen LogP contribution >= 0.6 is 24.0 Å². The molecule has 3 unspecified atom stereocenters. The van der Waals surface area contributed by atoms with Crippen LogP contribution in [0.15, 0.2) is 24.3 Å². The average molecular weight is 451 g/mol. The number of carbonyl (C=O) groups excluding carboxylic acids is 2. The molecule has 3 atom stereocenters. The molecule has 0 radical (unpaired) electrons. The highest BCUT2D eigenvalue weighted by molar-refractivity contribution is 8.23. The molecule has 3 rings (SSSR count). The summed E-state index contributed by atoms with van der Waals surface area (Å²) in [5.41, 5.74) is 0.577. The lowest BCUT2D eigenvalue weighted by Crippen LogP contribution is -2.47. The molecule has 2 aliphatic heterocycles. The number of thiocarbonyl (C=S) groups is 1. The van der Waals surface area contributed by atoms with Crippen LogP contribution in [0.1, 0.15) is 46.5 Å². The van der Waals surface area contributed by atoms with Gasteiger partial charge in [0.15, 0.2) is 0 Å². The van der Waals surface area contributed by atoms with E-state index in [0.717, 1.165) is 25.0 Å². The maximum Gasteiger partial charge on any atom is 0.247 e. The molecule has 0 N–H and O–H groups in total. The maximum atomic E-state index is 12.9. The van der Waals surface area contributed by atoms with Crippen molar-refractivity contribution in [3.63, 3.8) is 0 Å². The van der Waals surface area contributed by atoms with Crippen molar-refractivity contribution in [2.75, 3.05) is 24.6 Å². The van der Waals surface area contributed by atoms with E-state index in [2.05, 4.69) is 11.8 Å². The number of imide groups is 1. The van der Waals surface area contributed by atoms with Crippen molar-refractivity contribution in [3.8, 4) is 5.75 Å². The second-order valence-electron chi connectivity index (χ2n) is 7.86. The van der Waals surface area contributed by atoms with Gasteiger partial charge in [-0.15, -0.1) is 0 Å². The zero-order chi connectivity index (χ0) is 21.7. The lowest BCUT2D eigenvalue weighted by atomic mass is 10.2. The molecule has 0 saturated carbocycles. The van der Waals surface area contributed by atoms with Gasteiger partial charge in [-0.05, 0) is 44.5 Å². The van der Waals surface area contributed by atoms with Crippen molar-refractivity contribution in [2.45, 2.75) is 63.9 Å². The Bertz CT molecular complexity index is 761. The molecule has 8 heteroatoms. The van der Waals surface area contributed by atoms with Crippen LogP contribution in [-0.4, -0.2) is 58.2 Å². The molecule has 0 aromatic heterocycles. The van der Waals surface area contributed by atoms with Crippen molar-refractivity contribution < 1.29 is 19.1 Å². The van der Waals surface area contributed by atoms with Gasteiger partial charge in [0, 0.05) is 19.5 Å². The summed E-state index contributed by atoms with van der Waals surface area (Å²) >= 11 is 6.89. The van der Waals surface area contributed by atoms with Gasteiger partial charge in [-0.2, -0.15) is 0 Å². The molecule has 2 saturated heterocycles. The van der Waals surface area contributed by atoms with E-state index in [1.54, 1.807) is 12.1 Å². The summed E-state index contributed by atoms with van der Waals surface area (Å²) in [5, 5.41) is -0.483. The van der Waals surface area contributed by atoms with E-state index in [-0.39, 0.29) is 30.4 Å². The minimum absolute atomic E-state index is 0.0902. The Morgan fingerprint density at radius 1 is 1.17 bits per heavy atom. The summed E-state index contributed by atoms with van der Waals surface area (Å²) in [4.78, 5) is 28.9. The van der Waals surface area contributed by atoms with Crippen LogP contribution in [0.4, 0.5) is 5.69 Å². The van der Waals surface area contributed by atoms with Crippen LogP contribution < -0.4 is 9.64 Å². The number of amides is 2. The lowest BCUT2D eigenvalue weighted by Gasteiger charge is -2.36. The summed E-state index contributed by atoms with van der Waals surface area (Å²) in [6.07, 6.45) is 3.64. The highest BCUT2D eigenvalue weighted by Crippen LogP contribution is 2.32. The number of unbranched alkanes of at least 4 members (excludes halogenated alkanes) is 2. The number of nitrogens with zero attached hydrogens (tertiary/aromatic N) is 2. The van der Waals surface area contributed by atoms with E-state index in [1.165, 1.54) is 16.7 Å². The summed E-state index contributed by atoms with van der Waals surface area (Å²) in [6.45, 7) is 8.25. The van der Waals surface area contributed by atoms with Crippen molar-refractivity contribution in [1.82, 2.24) is 4.90 Å². The van der Waals surface area contributed by atoms with E-state index in [9.17, 15) is 9.59 Å². The molecule has 0 aliphatic carbocycles. The molecule has 164 valence electrons. The monoisotopic (exact) mass is 450 g/mol. The Morgan fingerprint density at radius 3 is 2.47 bits per heavy atom. The van der Waals surface area contributed by atoms with E-state index < -0.39 is 5.25 Å². The van der Waals surface area contributed by atoms with Crippen molar-refractivity contribution >= 4 is 45.8 Å². The van der Waals surface area contributed by atoms with E-state index in [0.29, 0.717) is 29.7 Å². The number of carbonyl (C=O) groups is 2. The minimum atomic E-state index is -0.483. The van der Waals surface area contributed by atoms with Gasteiger partial charge in [0.05, 0.1) is 24.5 Å². The highest BCUT2D eigenvalue weighted by Gasteiger charge is 2.41. The first-order chi connectivity index (χ1) is 14.4. The van der Waals surface area contributed by atoms with Gasteiger partial charge in [-0.1, -0.05) is 43.7 Å². The van der Waals surface area contributed by atoms with Gasteiger partial charge in [0.25, 0.3) is 0 Å². The number of hydrogen-bond donors (Lipinski definition) is 0. The van der Waals surface area contributed by atoms with Crippen LogP contribution in [0.25, 0.3) is 0 Å². The van der Waals surface area contributed by atoms with Gasteiger partial charge in [-0.3, -0.25) is 9.59 Å². The predicted octanol–water partition coefficient (Wildman–Crippen LogP) is 4.01. The predicted molar refractivity (Wildman–Crippen MR) is 124 cm³/mol. The van der Waals surface area contributed by atoms with Crippen molar-refractivity contribution in [1.29, 1.82) is 0 Å². The van der Waals surface area contributed by atoms with E-state index >= 15 is 0 Å². The van der Waals surface area contributed by atoms with Gasteiger partial charge < -0.3 is 14.4 Å². The summed E-state index contributed by atoms with van der Waals surface area (Å²) in [7, 11) is 0. The first-order valence-electron chi connectivity index (χ1n) is 10.6. The molecule has 30 heavy (non-hydrogen) atoms. The first kappa shape index (κ1) is 23.0. The molecule has 2 aliphatic rings. The molecular weight excluding hydrogens is 420 g/mol. The lowest BCUT2D eigenvalue weighted by molar-refractivity contribution is -0.121. The third-order valence-corrected chi connectivity index (χ3v) is 6.80. The number of benzene rings is 1. The smallest absolute Gasteiger partial charge is 0.247 e. The molecule has 1 aromatic carbocycles. The summed E-state index contributed by atoms with van der Waals surface area (Å²) < 4.78 is 12.1. The zero-order valence-electron chi connectivity index (χ0n) is 17.8. The minimum Gasteiger partial charge on any atom is -0.494 e. The van der Waals surface area contributed by atoms with Crippen LogP contribution in [0.3, 0.4) is 0 Å². The molecule has 6 nitrogen and oxygen atoms in total. The second-order valence-corrected chi connectivity index (χ2v) is 9.69. The topological polar surface area (TPSA) is 59.1 Å². The summed E-state index contributed by atoms with van der Waals surface area (Å²) in [6, 6.07) is 7.15. The largest absolute Gasteiger partial charge is 0.494 e. The Balaban J connectivity index is 1.58. The van der Waals surface area contributed by atoms with Gasteiger partial charge in [-0.25, -0.2) is 4.90 Å². The second kappa shape index (κ2) is 10.6. The quantitative estimate of drug-likeness (QED) is 0.353. The van der Waals surface area contributed by atoms with Crippen molar-refractivity contribution in [3.05, 3.63) is 24.3 Å². The Morgan fingerprint density at radius 2 is 1.83 bits per heavy atom. The Labute approximate surface area is 188 Å². The highest BCUT2D eigenvalue weighted by atomic mass is 32.2. The SMILES string of the molecule is CCCCCOc1ccc(N2C(=O)CC(SC(=S)N3CC(C)OC(C)C3)C2=O)cc1. The fourth-order valence-corrected chi connectivity index (χ4v) is 5.20. The normalized spacial score (nSPS) is 24.4. The van der Waals surface area contributed by atoms with Crippen LogP contribution in [0.5, 0.6) is 5.75 Å². The molecule has 1 aromatic rings. The number of anilines is 1. The molecule has 2 fully saturated rings.